The van der Waals surface area contributed by atoms with Crippen molar-refractivity contribution in [3.8, 4) is 0 Å². The Bertz CT molecular complexity index is 335. The van der Waals surface area contributed by atoms with E-state index in [0.717, 1.165) is 19.3 Å². The fourth-order valence-electron chi connectivity index (χ4n) is 1.92. The summed E-state index contributed by atoms with van der Waals surface area (Å²) in [5.74, 6) is 0. The first-order valence-electron chi connectivity index (χ1n) is 6.23. The Hall–Kier alpha value is -0.170. The lowest BCUT2D eigenvalue weighted by Crippen LogP contribution is -2.52. The quantitative estimate of drug-likeness (QED) is 0.783. The van der Waals surface area contributed by atoms with E-state index >= 15 is 0 Å². The summed E-state index contributed by atoms with van der Waals surface area (Å²) in [5.41, 5.74) is 5.58. The van der Waals surface area contributed by atoms with Crippen LogP contribution in [0.1, 0.15) is 40.0 Å². The second kappa shape index (κ2) is 5.65. The minimum atomic E-state index is -3.37. The third-order valence-electron chi connectivity index (χ3n) is 2.94. The molecule has 0 aromatic heterocycles. The van der Waals surface area contributed by atoms with Crippen molar-refractivity contribution in [1.29, 1.82) is 0 Å². The summed E-state index contributed by atoms with van der Waals surface area (Å²) in [6.07, 6.45) is 2.85. The summed E-state index contributed by atoms with van der Waals surface area (Å²) in [4.78, 5) is 0. The number of nitrogens with zero attached hydrogens (tertiary/aromatic N) is 1. The fourth-order valence-corrected chi connectivity index (χ4v) is 3.65. The van der Waals surface area contributed by atoms with Gasteiger partial charge in [0.15, 0.2) is 0 Å². The molecule has 1 aliphatic rings. The van der Waals surface area contributed by atoms with Gasteiger partial charge in [-0.2, -0.15) is 12.7 Å². The number of piperidine rings is 1. The molecule has 0 bridgehead atoms. The van der Waals surface area contributed by atoms with E-state index in [1.807, 2.05) is 20.8 Å². The van der Waals surface area contributed by atoms with Gasteiger partial charge in [-0.25, -0.2) is 4.72 Å². The van der Waals surface area contributed by atoms with E-state index in [-0.39, 0.29) is 11.5 Å². The van der Waals surface area contributed by atoms with Crippen LogP contribution >= 0.6 is 0 Å². The zero-order valence-corrected chi connectivity index (χ0v) is 11.9. The van der Waals surface area contributed by atoms with Gasteiger partial charge in [0.2, 0.25) is 0 Å². The zero-order chi connectivity index (χ0) is 13.1. The molecule has 0 spiro atoms. The molecule has 3 N–H and O–H groups in total. The molecule has 1 rings (SSSR count). The van der Waals surface area contributed by atoms with E-state index in [1.54, 1.807) is 0 Å². The van der Waals surface area contributed by atoms with Gasteiger partial charge in [0.25, 0.3) is 10.2 Å². The highest BCUT2D eigenvalue weighted by Crippen LogP contribution is 2.20. The molecule has 17 heavy (non-hydrogen) atoms. The third-order valence-corrected chi connectivity index (χ3v) is 4.55. The minimum absolute atomic E-state index is 0.0405. The topological polar surface area (TPSA) is 75.4 Å². The van der Waals surface area contributed by atoms with Gasteiger partial charge in [-0.1, -0.05) is 27.2 Å². The van der Waals surface area contributed by atoms with E-state index in [0.29, 0.717) is 19.6 Å². The van der Waals surface area contributed by atoms with Crippen molar-refractivity contribution < 1.29 is 8.42 Å². The number of hydrogen-bond donors (Lipinski definition) is 2. The molecule has 0 aromatic carbocycles. The van der Waals surface area contributed by atoms with Crippen molar-refractivity contribution in [2.75, 3.05) is 19.6 Å². The molecule has 0 aliphatic carbocycles. The van der Waals surface area contributed by atoms with Gasteiger partial charge in [0, 0.05) is 25.7 Å². The van der Waals surface area contributed by atoms with Crippen molar-refractivity contribution in [2.24, 2.45) is 11.1 Å². The van der Waals surface area contributed by atoms with E-state index in [9.17, 15) is 8.42 Å². The monoisotopic (exact) mass is 263 g/mol. The van der Waals surface area contributed by atoms with Crippen molar-refractivity contribution in [3.63, 3.8) is 0 Å². The molecule has 1 heterocycles. The predicted octanol–water partition coefficient (Wildman–Crippen LogP) is 0.680. The minimum Gasteiger partial charge on any atom is -0.329 e. The maximum absolute atomic E-state index is 12.2. The zero-order valence-electron chi connectivity index (χ0n) is 11.1. The first kappa shape index (κ1) is 14.9. The molecule has 0 aromatic rings. The van der Waals surface area contributed by atoms with Gasteiger partial charge >= 0.3 is 0 Å². The molecule has 0 saturated carbocycles. The van der Waals surface area contributed by atoms with E-state index in [2.05, 4.69) is 4.72 Å². The molecule has 1 fully saturated rings. The normalized spacial score (nSPS) is 23.9. The van der Waals surface area contributed by atoms with Crippen LogP contribution in [0, 0.1) is 5.41 Å². The van der Waals surface area contributed by atoms with Gasteiger partial charge < -0.3 is 5.73 Å². The summed E-state index contributed by atoms with van der Waals surface area (Å²) in [6.45, 7) is 7.45. The second-order valence-corrected chi connectivity index (χ2v) is 7.59. The van der Waals surface area contributed by atoms with Gasteiger partial charge in [-0.15, -0.1) is 0 Å². The lowest BCUT2D eigenvalue weighted by Gasteiger charge is -2.34. The highest BCUT2D eigenvalue weighted by atomic mass is 32.2. The Morgan fingerprint density at radius 3 is 2.53 bits per heavy atom. The highest BCUT2D eigenvalue weighted by Gasteiger charge is 2.31. The van der Waals surface area contributed by atoms with Crippen molar-refractivity contribution in [3.05, 3.63) is 0 Å². The SMILES string of the molecule is CC(C)(C)CNS(=O)(=O)N1CCCCC1CN. The van der Waals surface area contributed by atoms with Crippen LogP contribution in [-0.2, 0) is 10.2 Å². The maximum Gasteiger partial charge on any atom is 0.279 e. The molecule has 1 aliphatic heterocycles. The Balaban J connectivity index is 2.68. The highest BCUT2D eigenvalue weighted by molar-refractivity contribution is 7.87. The smallest absolute Gasteiger partial charge is 0.279 e. The van der Waals surface area contributed by atoms with E-state index in [1.165, 1.54) is 4.31 Å². The first-order valence-corrected chi connectivity index (χ1v) is 7.67. The molecular weight excluding hydrogens is 238 g/mol. The van der Waals surface area contributed by atoms with Crippen LogP contribution in [0.2, 0.25) is 0 Å². The Morgan fingerprint density at radius 1 is 1.35 bits per heavy atom. The molecule has 5 nitrogen and oxygen atoms in total. The average molecular weight is 263 g/mol. The second-order valence-electron chi connectivity index (χ2n) is 5.88. The van der Waals surface area contributed by atoms with E-state index < -0.39 is 10.2 Å². The van der Waals surface area contributed by atoms with Crippen molar-refractivity contribution >= 4 is 10.2 Å². The van der Waals surface area contributed by atoms with Crippen LogP contribution in [0.3, 0.4) is 0 Å². The Labute approximate surface area is 105 Å². The van der Waals surface area contributed by atoms with Gasteiger partial charge in [-0.05, 0) is 18.3 Å². The molecule has 1 unspecified atom stereocenters. The van der Waals surface area contributed by atoms with Crippen LogP contribution < -0.4 is 10.5 Å². The summed E-state index contributed by atoms with van der Waals surface area (Å²) in [5, 5.41) is 0. The number of nitrogens with two attached hydrogens (primary N) is 1. The molecule has 6 heteroatoms. The summed E-state index contributed by atoms with van der Waals surface area (Å²) >= 11 is 0. The molecule has 102 valence electrons. The summed E-state index contributed by atoms with van der Waals surface area (Å²) in [7, 11) is -3.37. The number of hydrogen-bond acceptors (Lipinski definition) is 3. The average Bonchev–Trinajstić information content (AvgIpc) is 2.26. The van der Waals surface area contributed by atoms with Crippen LogP contribution in [0.15, 0.2) is 0 Å². The molecule has 1 saturated heterocycles. The van der Waals surface area contributed by atoms with Crippen LogP contribution in [0.4, 0.5) is 0 Å². The van der Waals surface area contributed by atoms with E-state index in [4.69, 9.17) is 5.73 Å². The molecule has 1 atom stereocenters. The third kappa shape index (κ3) is 4.54. The standard InChI is InChI=1S/C11H25N3O2S/c1-11(2,3)9-13-17(15,16)14-7-5-4-6-10(14)8-12/h10,13H,4-9,12H2,1-3H3. The Morgan fingerprint density at radius 2 is 2.00 bits per heavy atom. The number of nitrogens with one attached hydrogen (secondary N) is 1. The van der Waals surface area contributed by atoms with Gasteiger partial charge in [0.05, 0.1) is 0 Å². The lowest BCUT2D eigenvalue weighted by atomic mass is 9.98. The van der Waals surface area contributed by atoms with Gasteiger partial charge in [0.1, 0.15) is 0 Å². The molecule has 0 radical (unpaired) electrons. The molecule has 0 amide bonds. The lowest BCUT2D eigenvalue weighted by molar-refractivity contribution is 0.252. The summed E-state index contributed by atoms with van der Waals surface area (Å²) < 4.78 is 28.5. The first-order chi connectivity index (χ1) is 7.76. The fraction of sp³-hybridized carbons (Fsp3) is 1.00. The van der Waals surface area contributed by atoms with Crippen molar-refractivity contribution in [1.82, 2.24) is 9.03 Å². The Kier molecular flexibility index (Phi) is 4.95. The summed E-state index contributed by atoms with van der Waals surface area (Å²) in [6, 6.07) is -0.0405. The van der Waals surface area contributed by atoms with Crippen LogP contribution in [0.25, 0.3) is 0 Å². The number of rotatable bonds is 4. The van der Waals surface area contributed by atoms with Crippen LogP contribution in [-0.4, -0.2) is 38.4 Å². The van der Waals surface area contributed by atoms with Crippen molar-refractivity contribution in [2.45, 2.75) is 46.1 Å². The molecular formula is C11H25N3O2S. The largest absolute Gasteiger partial charge is 0.329 e. The maximum atomic E-state index is 12.2. The van der Waals surface area contributed by atoms with Gasteiger partial charge in [-0.3, -0.25) is 0 Å². The van der Waals surface area contributed by atoms with Crippen LogP contribution in [0.5, 0.6) is 0 Å². The predicted molar refractivity (Wildman–Crippen MR) is 69.8 cm³/mol.